The van der Waals surface area contributed by atoms with Crippen LogP contribution in [0.2, 0.25) is 0 Å². The second kappa shape index (κ2) is 6.25. The second-order valence-corrected chi connectivity index (χ2v) is 4.82. The lowest BCUT2D eigenvalue weighted by atomic mass is 10.1. The number of benzene rings is 1. The highest BCUT2D eigenvalue weighted by Crippen LogP contribution is 2.31. The maximum Gasteiger partial charge on any atom is 0.416 e. The van der Waals surface area contributed by atoms with E-state index in [0.717, 1.165) is 12.1 Å². The van der Waals surface area contributed by atoms with Gasteiger partial charge >= 0.3 is 12.1 Å². The fraction of sp³-hybridized carbons (Fsp3) is 0.333. The van der Waals surface area contributed by atoms with E-state index in [4.69, 9.17) is 5.11 Å². The molecule has 1 aromatic rings. The van der Waals surface area contributed by atoms with Gasteiger partial charge in [-0.1, -0.05) is 6.92 Å². The standard InChI is InChI=1S/C12H11BrF3NO3/c1-2-9(11(19)20)17-10(18)7-5-6(12(14,15)16)3-4-8(7)13/h3-5,9H,2H2,1H3,(H,17,18)(H,19,20)/t9-/m1/s1. The third kappa shape index (κ3) is 3.96. The smallest absolute Gasteiger partial charge is 0.416 e. The first-order valence-corrected chi connectivity index (χ1v) is 6.36. The highest BCUT2D eigenvalue weighted by Gasteiger charge is 2.32. The molecule has 1 amide bonds. The van der Waals surface area contributed by atoms with E-state index in [1.165, 1.54) is 0 Å². The lowest BCUT2D eigenvalue weighted by Crippen LogP contribution is -2.40. The molecular weight excluding hydrogens is 343 g/mol. The van der Waals surface area contributed by atoms with E-state index < -0.39 is 29.7 Å². The molecule has 0 radical (unpaired) electrons. The zero-order chi connectivity index (χ0) is 15.5. The van der Waals surface area contributed by atoms with Crippen LogP contribution in [0.25, 0.3) is 0 Å². The molecule has 0 aliphatic heterocycles. The lowest BCUT2D eigenvalue weighted by molar-refractivity contribution is -0.139. The predicted molar refractivity (Wildman–Crippen MR) is 68.3 cm³/mol. The Labute approximate surface area is 121 Å². The number of halogens is 4. The van der Waals surface area contributed by atoms with E-state index >= 15 is 0 Å². The molecule has 0 fully saturated rings. The summed E-state index contributed by atoms with van der Waals surface area (Å²) in [7, 11) is 0. The molecule has 0 bridgehead atoms. The number of alkyl halides is 3. The highest BCUT2D eigenvalue weighted by atomic mass is 79.9. The Hall–Kier alpha value is -1.57. The number of aliphatic carboxylic acids is 1. The van der Waals surface area contributed by atoms with Gasteiger partial charge in [0.15, 0.2) is 0 Å². The third-order valence-electron chi connectivity index (χ3n) is 2.55. The summed E-state index contributed by atoms with van der Waals surface area (Å²) >= 11 is 2.97. The summed E-state index contributed by atoms with van der Waals surface area (Å²) < 4.78 is 37.9. The monoisotopic (exact) mass is 353 g/mol. The van der Waals surface area contributed by atoms with E-state index in [1.54, 1.807) is 6.92 Å². The van der Waals surface area contributed by atoms with Gasteiger partial charge in [-0.05, 0) is 40.5 Å². The Morgan fingerprint density at radius 1 is 1.40 bits per heavy atom. The van der Waals surface area contributed by atoms with Crippen LogP contribution in [0.5, 0.6) is 0 Å². The molecular formula is C12H11BrF3NO3. The molecule has 8 heteroatoms. The van der Waals surface area contributed by atoms with Crippen LogP contribution >= 0.6 is 15.9 Å². The number of rotatable bonds is 4. The summed E-state index contributed by atoms with van der Waals surface area (Å²) in [5, 5.41) is 11.0. The largest absolute Gasteiger partial charge is 0.480 e. The summed E-state index contributed by atoms with van der Waals surface area (Å²) in [5.41, 5.74) is -1.24. The van der Waals surface area contributed by atoms with Gasteiger partial charge in [0, 0.05) is 4.47 Å². The van der Waals surface area contributed by atoms with Gasteiger partial charge in [0.25, 0.3) is 5.91 Å². The van der Waals surface area contributed by atoms with Crippen molar-refractivity contribution in [3.63, 3.8) is 0 Å². The zero-order valence-electron chi connectivity index (χ0n) is 10.3. The minimum Gasteiger partial charge on any atom is -0.480 e. The van der Waals surface area contributed by atoms with Crippen molar-refractivity contribution in [2.24, 2.45) is 0 Å². The summed E-state index contributed by atoms with van der Waals surface area (Å²) in [6.45, 7) is 1.54. The number of carboxylic acids is 1. The van der Waals surface area contributed by atoms with Gasteiger partial charge in [0.2, 0.25) is 0 Å². The summed E-state index contributed by atoms with van der Waals surface area (Å²) in [4.78, 5) is 22.6. The molecule has 0 heterocycles. The molecule has 0 spiro atoms. The number of hydrogen-bond acceptors (Lipinski definition) is 2. The maximum atomic E-state index is 12.6. The second-order valence-electron chi connectivity index (χ2n) is 3.96. The first-order valence-electron chi connectivity index (χ1n) is 5.57. The molecule has 0 aromatic heterocycles. The quantitative estimate of drug-likeness (QED) is 0.874. The van der Waals surface area contributed by atoms with Crippen LogP contribution in [0.15, 0.2) is 22.7 Å². The molecule has 0 aliphatic carbocycles. The topological polar surface area (TPSA) is 66.4 Å². The van der Waals surface area contributed by atoms with Crippen molar-refractivity contribution in [3.05, 3.63) is 33.8 Å². The third-order valence-corrected chi connectivity index (χ3v) is 3.24. The minimum atomic E-state index is -4.58. The van der Waals surface area contributed by atoms with Crippen LogP contribution in [-0.4, -0.2) is 23.0 Å². The SMILES string of the molecule is CC[C@@H](NC(=O)c1cc(C(F)(F)F)ccc1Br)C(=O)O. The molecule has 0 unspecified atom stereocenters. The number of carbonyl (C=O) groups excluding carboxylic acids is 1. The fourth-order valence-corrected chi connectivity index (χ4v) is 1.88. The van der Waals surface area contributed by atoms with E-state index in [0.29, 0.717) is 6.07 Å². The lowest BCUT2D eigenvalue weighted by Gasteiger charge is -2.14. The van der Waals surface area contributed by atoms with Crippen LogP contribution in [-0.2, 0) is 11.0 Å². The van der Waals surface area contributed by atoms with Gasteiger partial charge in [-0.15, -0.1) is 0 Å². The minimum absolute atomic E-state index is 0.123. The van der Waals surface area contributed by atoms with Crippen molar-refractivity contribution < 1.29 is 27.9 Å². The fourth-order valence-electron chi connectivity index (χ4n) is 1.45. The van der Waals surface area contributed by atoms with Gasteiger partial charge in [-0.2, -0.15) is 13.2 Å². The van der Waals surface area contributed by atoms with Gasteiger partial charge in [0.05, 0.1) is 11.1 Å². The Kier molecular flexibility index (Phi) is 5.15. The molecule has 1 atom stereocenters. The van der Waals surface area contributed by atoms with Crippen LogP contribution < -0.4 is 5.32 Å². The van der Waals surface area contributed by atoms with E-state index in [-0.39, 0.29) is 16.5 Å². The Morgan fingerprint density at radius 3 is 2.45 bits per heavy atom. The average molecular weight is 354 g/mol. The summed E-state index contributed by atoms with van der Waals surface area (Å²) in [6, 6.07) is 1.45. The van der Waals surface area contributed by atoms with Crippen LogP contribution in [0.4, 0.5) is 13.2 Å². The number of nitrogens with one attached hydrogen (secondary N) is 1. The van der Waals surface area contributed by atoms with Gasteiger partial charge < -0.3 is 10.4 Å². The predicted octanol–water partition coefficient (Wildman–Crippen LogP) is 3.06. The highest BCUT2D eigenvalue weighted by molar-refractivity contribution is 9.10. The zero-order valence-corrected chi connectivity index (χ0v) is 11.9. The van der Waals surface area contributed by atoms with Crippen molar-refractivity contribution in [2.45, 2.75) is 25.6 Å². The van der Waals surface area contributed by atoms with Crippen molar-refractivity contribution in [1.29, 1.82) is 0 Å². The van der Waals surface area contributed by atoms with Crippen LogP contribution in [0.3, 0.4) is 0 Å². The Balaban J connectivity index is 3.06. The van der Waals surface area contributed by atoms with E-state index in [2.05, 4.69) is 21.2 Å². The van der Waals surface area contributed by atoms with Gasteiger partial charge in [0.1, 0.15) is 6.04 Å². The van der Waals surface area contributed by atoms with Crippen LogP contribution in [0, 0.1) is 0 Å². The Morgan fingerprint density at radius 2 is 2.00 bits per heavy atom. The molecule has 0 saturated heterocycles. The first-order chi connectivity index (χ1) is 9.16. The van der Waals surface area contributed by atoms with Crippen molar-refractivity contribution in [1.82, 2.24) is 5.32 Å². The van der Waals surface area contributed by atoms with Crippen molar-refractivity contribution in [2.75, 3.05) is 0 Å². The van der Waals surface area contributed by atoms with Crippen LogP contribution in [0.1, 0.15) is 29.3 Å². The Bertz CT molecular complexity index is 531. The summed E-state index contributed by atoms with van der Waals surface area (Å²) in [5.74, 6) is -2.12. The molecule has 0 saturated carbocycles. The average Bonchev–Trinajstić information content (AvgIpc) is 2.34. The van der Waals surface area contributed by atoms with Gasteiger partial charge in [-0.25, -0.2) is 4.79 Å². The maximum absolute atomic E-state index is 12.6. The molecule has 2 N–H and O–H groups in total. The molecule has 110 valence electrons. The first kappa shape index (κ1) is 16.5. The van der Waals surface area contributed by atoms with E-state index in [9.17, 15) is 22.8 Å². The van der Waals surface area contributed by atoms with Crippen molar-refractivity contribution in [3.8, 4) is 0 Å². The molecule has 4 nitrogen and oxygen atoms in total. The number of carbonyl (C=O) groups is 2. The van der Waals surface area contributed by atoms with Gasteiger partial charge in [-0.3, -0.25) is 4.79 Å². The van der Waals surface area contributed by atoms with E-state index in [1.807, 2.05) is 0 Å². The molecule has 0 aliphatic rings. The summed E-state index contributed by atoms with van der Waals surface area (Å²) in [6.07, 6.45) is -4.45. The number of amides is 1. The van der Waals surface area contributed by atoms with Crippen molar-refractivity contribution >= 4 is 27.8 Å². The molecule has 1 aromatic carbocycles. The number of hydrogen-bond donors (Lipinski definition) is 2. The molecule has 1 rings (SSSR count). The normalized spacial score (nSPS) is 12.8. The number of carboxylic acid groups (broad SMARTS) is 1. The molecule has 20 heavy (non-hydrogen) atoms.